The lowest BCUT2D eigenvalue weighted by Gasteiger charge is -2.33. The fraction of sp³-hybridized carbons (Fsp3) is 0.818. The Hall–Kier alpha value is -2.52. The molecule has 2 N–H and O–H groups in total. The zero-order valence-corrected chi connectivity index (χ0v) is 18.9. The van der Waals surface area contributed by atoms with Crippen LogP contribution in [0, 0.1) is 11.8 Å². The van der Waals surface area contributed by atoms with E-state index >= 15 is 0 Å². The summed E-state index contributed by atoms with van der Waals surface area (Å²) in [7, 11) is 0. The number of hydrogen-bond donors (Lipinski definition) is 2. The molecular weight excluding hydrogens is 420 g/mol. The number of nitrogens with one attached hydrogen (secondary N) is 2. The molecule has 10 nitrogen and oxygen atoms in total. The van der Waals surface area contributed by atoms with Crippen LogP contribution >= 0.6 is 0 Å². The van der Waals surface area contributed by atoms with Crippen LogP contribution in [0.1, 0.15) is 65.2 Å². The van der Waals surface area contributed by atoms with Gasteiger partial charge in [-0.1, -0.05) is 0 Å². The Morgan fingerprint density at radius 3 is 1.38 bits per heavy atom. The number of carbonyl (C=O) groups excluding carboxylic acids is 4. The standard InChI is InChI=1S/2C11H17NO4/c2*1-2-15-9(13)8-3-5-11(6-4-8)7-12-10(14)16-11/h2*8H,2-7H2,1H3,(H,12,14). The van der Waals surface area contributed by atoms with E-state index in [4.69, 9.17) is 18.9 Å². The molecule has 2 spiro atoms. The molecule has 2 aliphatic heterocycles. The molecule has 10 heteroatoms. The summed E-state index contributed by atoms with van der Waals surface area (Å²) in [5.41, 5.74) is -0.722. The third-order valence-electron chi connectivity index (χ3n) is 6.76. The number of esters is 2. The van der Waals surface area contributed by atoms with Gasteiger partial charge in [0.05, 0.1) is 38.1 Å². The van der Waals surface area contributed by atoms with Gasteiger partial charge in [0.1, 0.15) is 11.2 Å². The lowest BCUT2D eigenvalue weighted by atomic mass is 9.79. The van der Waals surface area contributed by atoms with Crippen LogP contribution in [-0.4, -0.2) is 61.6 Å². The molecule has 4 fully saturated rings. The molecule has 4 aliphatic rings. The number of carbonyl (C=O) groups is 4. The molecule has 0 radical (unpaired) electrons. The molecule has 0 aromatic heterocycles. The summed E-state index contributed by atoms with van der Waals surface area (Å²) < 4.78 is 20.5. The van der Waals surface area contributed by atoms with Gasteiger partial charge in [-0.3, -0.25) is 9.59 Å². The molecule has 0 atom stereocenters. The van der Waals surface area contributed by atoms with Crippen molar-refractivity contribution in [3.63, 3.8) is 0 Å². The maximum absolute atomic E-state index is 11.5. The van der Waals surface area contributed by atoms with E-state index in [9.17, 15) is 19.2 Å². The highest BCUT2D eigenvalue weighted by Crippen LogP contribution is 2.38. The minimum absolute atomic E-state index is 0.0233. The monoisotopic (exact) mass is 454 g/mol. The van der Waals surface area contributed by atoms with Crippen molar-refractivity contribution in [2.75, 3.05) is 26.3 Å². The van der Waals surface area contributed by atoms with Crippen LogP contribution < -0.4 is 10.6 Å². The fourth-order valence-electron chi connectivity index (χ4n) is 4.84. The normalized spacial score (nSPS) is 33.3. The minimum atomic E-state index is -0.361. The number of ether oxygens (including phenoxy) is 4. The van der Waals surface area contributed by atoms with Crippen molar-refractivity contribution in [2.45, 2.75) is 76.4 Å². The summed E-state index contributed by atoms with van der Waals surface area (Å²) in [5, 5.41) is 5.34. The average Bonchev–Trinajstić information content (AvgIpc) is 3.32. The van der Waals surface area contributed by atoms with Crippen LogP contribution in [0.3, 0.4) is 0 Å². The van der Waals surface area contributed by atoms with Crippen LogP contribution in [0.25, 0.3) is 0 Å². The van der Waals surface area contributed by atoms with Crippen LogP contribution in [0.2, 0.25) is 0 Å². The molecule has 2 saturated carbocycles. The maximum atomic E-state index is 11.5. The van der Waals surface area contributed by atoms with Gasteiger partial charge in [0.2, 0.25) is 0 Å². The Morgan fingerprint density at radius 1 is 0.781 bits per heavy atom. The van der Waals surface area contributed by atoms with Crippen molar-refractivity contribution in [1.29, 1.82) is 0 Å². The average molecular weight is 455 g/mol. The molecule has 2 aliphatic carbocycles. The van der Waals surface area contributed by atoms with Crippen LogP contribution in [0.4, 0.5) is 9.59 Å². The summed E-state index contributed by atoms with van der Waals surface area (Å²) in [5.74, 6) is -0.279. The summed E-state index contributed by atoms with van der Waals surface area (Å²) in [6.07, 6.45) is 5.28. The third kappa shape index (κ3) is 5.83. The molecule has 0 aromatic rings. The molecule has 0 bridgehead atoms. The number of amides is 2. The van der Waals surface area contributed by atoms with Gasteiger partial charge in [-0.25, -0.2) is 9.59 Å². The van der Waals surface area contributed by atoms with Gasteiger partial charge in [0, 0.05) is 0 Å². The van der Waals surface area contributed by atoms with Crippen LogP contribution in [0.15, 0.2) is 0 Å². The second-order valence-electron chi connectivity index (χ2n) is 8.90. The highest BCUT2D eigenvalue weighted by atomic mass is 16.6. The fourth-order valence-corrected chi connectivity index (χ4v) is 4.84. The van der Waals surface area contributed by atoms with Gasteiger partial charge in [-0.15, -0.1) is 0 Å². The first-order valence-electron chi connectivity index (χ1n) is 11.6. The van der Waals surface area contributed by atoms with Gasteiger partial charge in [0.15, 0.2) is 0 Å². The Morgan fingerprint density at radius 2 is 1.12 bits per heavy atom. The molecule has 2 heterocycles. The molecule has 2 saturated heterocycles. The highest BCUT2D eigenvalue weighted by molar-refractivity contribution is 5.74. The van der Waals surface area contributed by atoms with E-state index in [0.29, 0.717) is 26.3 Å². The molecule has 0 unspecified atom stereocenters. The van der Waals surface area contributed by atoms with Gasteiger partial charge in [-0.05, 0) is 65.2 Å². The van der Waals surface area contributed by atoms with Crippen molar-refractivity contribution < 1.29 is 38.1 Å². The van der Waals surface area contributed by atoms with Crippen molar-refractivity contribution in [1.82, 2.24) is 10.6 Å². The van der Waals surface area contributed by atoms with Crippen molar-refractivity contribution in [2.24, 2.45) is 11.8 Å². The van der Waals surface area contributed by atoms with Crippen LogP contribution in [-0.2, 0) is 28.5 Å². The zero-order chi connectivity index (χ0) is 23.2. The SMILES string of the molecule is CCOC(=O)C1CCC2(CC1)CNC(=O)O2.CCOC(=O)C1CCC2(CC1)CNC(=O)O2. The van der Waals surface area contributed by atoms with E-state index in [0.717, 1.165) is 51.4 Å². The van der Waals surface area contributed by atoms with Crippen molar-refractivity contribution >= 4 is 24.1 Å². The summed E-state index contributed by atoms with van der Waals surface area (Å²) >= 11 is 0. The molecular formula is C22H34N2O8. The maximum Gasteiger partial charge on any atom is 0.407 e. The van der Waals surface area contributed by atoms with E-state index in [1.165, 1.54) is 0 Å². The van der Waals surface area contributed by atoms with Crippen molar-refractivity contribution in [3.05, 3.63) is 0 Å². The predicted molar refractivity (Wildman–Crippen MR) is 112 cm³/mol. The second kappa shape index (κ2) is 10.4. The second-order valence-corrected chi connectivity index (χ2v) is 8.90. The highest BCUT2D eigenvalue weighted by Gasteiger charge is 2.45. The van der Waals surface area contributed by atoms with E-state index < -0.39 is 0 Å². The Labute approximate surface area is 188 Å². The number of rotatable bonds is 4. The number of alkyl carbamates (subject to hydrolysis) is 2. The molecule has 2 amide bonds. The molecule has 32 heavy (non-hydrogen) atoms. The first-order chi connectivity index (χ1) is 15.3. The smallest absolute Gasteiger partial charge is 0.407 e. The quantitative estimate of drug-likeness (QED) is 0.489. The van der Waals surface area contributed by atoms with Gasteiger partial charge < -0.3 is 29.6 Å². The lowest BCUT2D eigenvalue weighted by molar-refractivity contribution is -0.151. The Kier molecular flexibility index (Phi) is 7.84. The molecule has 4 rings (SSSR count). The summed E-state index contributed by atoms with van der Waals surface area (Å²) in [6, 6.07) is 0. The van der Waals surface area contributed by atoms with Gasteiger partial charge in [0.25, 0.3) is 0 Å². The first-order valence-corrected chi connectivity index (χ1v) is 11.6. The zero-order valence-electron chi connectivity index (χ0n) is 18.9. The Bertz CT molecular complexity index is 649. The molecule has 0 aromatic carbocycles. The predicted octanol–water partition coefficient (Wildman–Crippen LogP) is 2.44. The largest absolute Gasteiger partial charge is 0.466 e. The minimum Gasteiger partial charge on any atom is -0.466 e. The van der Waals surface area contributed by atoms with E-state index in [2.05, 4.69) is 10.6 Å². The van der Waals surface area contributed by atoms with Crippen molar-refractivity contribution in [3.8, 4) is 0 Å². The summed E-state index contributed by atoms with van der Waals surface area (Å²) in [4.78, 5) is 45.1. The summed E-state index contributed by atoms with van der Waals surface area (Å²) in [6.45, 7) is 5.62. The van der Waals surface area contributed by atoms with E-state index in [1.54, 1.807) is 0 Å². The topological polar surface area (TPSA) is 129 Å². The molecule has 180 valence electrons. The van der Waals surface area contributed by atoms with Gasteiger partial charge >= 0.3 is 24.1 Å². The first kappa shape index (κ1) is 24.1. The van der Waals surface area contributed by atoms with Crippen LogP contribution in [0.5, 0.6) is 0 Å². The van der Waals surface area contributed by atoms with E-state index in [-0.39, 0.29) is 47.2 Å². The lowest BCUT2D eigenvalue weighted by Crippen LogP contribution is -2.39. The number of hydrogen-bond acceptors (Lipinski definition) is 8. The van der Waals surface area contributed by atoms with E-state index in [1.807, 2.05) is 13.8 Å². The van der Waals surface area contributed by atoms with Gasteiger partial charge in [-0.2, -0.15) is 0 Å². The Balaban J connectivity index is 0.000000181. The third-order valence-corrected chi connectivity index (χ3v) is 6.76.